The lowest BCUT2D eigenvalue weighted by Crippen LogP contribution is -2.33. The van der Waals surface area contributed by atoms with Crippen LogP contribution in [-0.4, -0.2) is 36.6 Å². The molecule has 0 spiro atoms. The first kappa shape index (κ1) is 11.6. The molecule has 0 aliphatic carbocycles. The Balaban J connectivity index is 2.12. The minimum atomic E-state index is 0.309. The molecule has 0 saturated carbocycles. The molecule has 1 aliphatic heterocycles. The molecule has 0 amide bonds. The lowest BCUT2D eigenvalue weighted by molar-refractivity contribution is 0.356. The molecular weight excluding hydrogens is 224 g/mol. The fraction of sp³-hybridized carbons (Fsp3) is 0.636. The Hall–Kier alpha value is -0.870. The maximum Gasteiger partial charge on any atom is 0.150 e. The fourth-order valence-electron chi connectivity index (χ4n) is 2.31. The smallest absolute Gasteiger partial charge is 0.150 e. The molecule has 1 N–H and O–H groups in total. The summed E-state index contributed by atoms with van der Waals surface area (Å²) in [5, 5.41) is 3.88. The summed E-state index contributed by atoms with van der Waals surface area (Å²) >= 11 is 6.09. The monoisotopic (exact) mass is 240 g/mol. The van der Waals surface area contributed by atoms with Crippen LogP contribution in [0, 0.1) is 5.41 Å². The van der Waals surface area contributed by atoms with Gasteiger partial charge >= 0.3 is 0 Å². The predicted octanol–water partition coefficient (Wildman–Crippen LogP) is 1.57. The zero-order chi connectivity index (χ0) is 11.6. The van der Waals surface area contributed by atoms with Gasteiger partial charge in [0.2, 0.25) is 0 Å². The van der Waals surface area contributed by atoms with Crippen molar-refractivity contribution in [3.05, 3.63) is 17.5 Å². The normalized spacial score (nSPS) is 25.1. The summed E-state index contributed by atoms with van der Waals surface area (Å²) in [7, 11) is 1.99. The van der Waals surface area contributed by atoms with E-state index in [1.165, 1.54) is 0 Å². The highest BCUT2D eigenvalue weighted by Gasteiger charge is 2.34. The van der Waals surface area contributed by atoms with Crippen molar-refractivity contribution in [3.63, 3.8) is 0 Å². The summed E-state index contributed by atoms with van der Waals surface area (Å²) in [6, 6.07) is 0. The van der Waals surface area contributed by atoms with Crippen LogP contribution >= 0.6 is 11.6 Å². The number of hydrogen-bond donors (Lipinski definition) is 1. The Morgan fingerprint density at radius 1 is 1.62 bits per heavy atom. The van der Waals surface area contributed by atoms with E-state index in [4.69, 9.17) is 11.6 Å². The van der Waals surface area contributed by atoms with E-state index in [1.54, 1.807) is 12.5 Å². The zero-order valence-electron chi connectivity index (χ0n) is 9.70. The number of nitrogens with one attached hydrogen (secondary N) is 1. The van der Waals surface area contributed by atoms with Crippen molar-refractivity contribution in [2.24, 2.45) is 5.41 Å². The molecule has 5 heteroatoms. The first-order valence-corrected chi connectivity index (χ1v) is 5.87. The number of aromatic nitrogens is 2. The molecule has 0 radical (unpaired) electrons. The molecule has 1 saturated heterocycles. The van der Waals surface area contributed by atoms with Crippen LogP contribution < -0.4 is 10.2 Å². The van der Waals surface area contributed by atoms with Crippen molar-refractivity contribution in [2.75, 3.05) is 31.6 Å². The van der Waals surface area contributed by atoms with Crippen molar-refractivity contribution < 1.29 is 0 Å². The lowest BCUT2D eigenvalue weighted by Gasteiger charge is -2.24. The van der Waals surface area contributed by atoms with Crippen molar-refractivity contribution in [2.45, 2.75) is 13.3 Å². The van der Waals surface area contributed by atoms with Crippen LogP contribution in [0.1, 0.15) is 13.3 Å². The SMILES string of the molecule is CNCC1(C)CCN(c2ncncc2Cl)C1. The Morgan fingerprint density at radius 3 is 3.12 bits per heavy atom. The van der Waals surface area contributed by atoms with Crippen molar-refractivity contribution >= 4 is 17.4 Å². The van der Waals surface area contributed by atoms with Gasteiger partial charge in [-0.3, -0.25) is 0 Å². The molecule has 88 valence electrons. The van der Waals surface area contributed by atoms with E-state index in [2.05, 4.69) is 27.1 Å². The van der Waals surface area contributed by atoms with Crippen LogP contribution in [0.25, 0.3) is 0 Å². The molecule has 1 fully saturated rings. The molecule has 0 bridgehead atoms. The second-order valence-electron chi connectivity index (χ2n) is 4.71. The van der Waals surface area contributed by atoms with E-state index in [9.17, 15) is 0 Å². The van der Waals surface area contributed by atoms with Crippen LogP contribution in [0.15, 0.2) is 12.5 Å². The van der Waals surface area contributed by atoms with E-state index in [0.29, 0.717) is 10.4 Å². The van der Waals surface area contributed by atoms with Crippen LogP contribution in [0.4, 0.5) is 5.82 Å². The number of halogens is 1. The van der Waals surface area contributed by atoms with E-state index in [-0.39, 0.29) is 0 Å². The van der Waals surface area contributed by atoms with E-state index in [0.717, 1.165) is 31.9 Å². The summed E-state index contributed by atoms with van der Waals surface area (Å²) < 4.78 is 0. The molecule has 1 unspecified atom stereocenters. The molecule has 2 rings (SSSR count). The largest absolute Gasteiger partial charge is 0.355 e. The standard InChI is InChI=1S/C11H17ClN4/c1-11(6-13-2)3-4-16(7-11)10-9(12)5-14-8-15-10/h5,8,13H,3-4,6-7H2,1-2H3. The number of rotatable bonds is 3. The third-order valence-corrected chi connectivity index (χ3v) is 3.38. The van der Waals surface area contributed by atoms with E-state index >= 15 is 0 Å². The number of hydrogen-bond acceptors (Lipinski definition) is 4. The third-order valence-electron chi connectivity index (χ3n) is 3.11. The van der Waals surface area contributed by atoms with Crippen LogP contribution in [0.3, 0.4) is 0 Å². The highest BCUT2D eigenvalue weighted by molar-refractivity contribution is 6.32. The van der Waals surface area contributed by atoms with Gasteiger partial charge in [0.25, 0.3) is 0 Å². The van der Waals surface area contributed by atoms with Gasteiger partial charge in [0.05, 0.1) is 6.20 Å². The molecule has 1 atom stereocenters. The van der Waals surface area contributed by atoms with Gasteiger partial charge < -0.3 is 10.2 Å². The maximum atomic E-state index is 6.09. The lowest BCUT2D eigenvalue weighted by atomic mass is 9.90. The van der Waals surface area contributed by atoms with Gasteiger partial charge in [-0.1, -0.05) is 18.5 Å². The minimum absolute atomic E-state index is 0.309. The summed E-state index contributed by atoms with van der Waals surface area (Å²) in [5.74, 6) is 0.858. The first-order chi connectivity index (χ1) is 7.64. The first-order valence-electron chi connectivity index (χ1n) is 5.50. The molecule has 0 aromatic carbocycles. The van der Waals surface area contributed by atoms with Gasteiger partial charge in [0.15, 0.2) is 5.82 Å². The van der Waals surface area contributed by atoms with Crippen LogP contribution in [0.2, 0.25) is 5.02 Å². The summed E-state index contributed by atoms with van der Waals surface area (Å²) in [6.07, 6.45) is 4.36. The average Bonchev–Trinajstić information content (AvgIpc) is 2.62. The summed E-state index contributed by atoms with van der Waals surface area (Å²) in [5.41, 5.74) is 0.309. The minimum Gasteiger partial charge on any atom is -0.355 e. The van der Waals surface area contributed by atoms with Gasteiger partial charge in [0, 0.05) is 19.6 Å². The Morgan fingerprint density at radius 2 is 2.44 bits per heavy atom. The molecule has 1 aromatic heterocycles. The van der Waals surface area contributed by atoms with Gasteiger partial charge in [-0.15, -0.1) is 0 Å². The van der Waals surface area contributed by atoms with Gasteiger partial charge in [-0.2, -0.15) is 0 Å². The second kappa shape index (κ2) is 4.55. The Bertz CT molecular complexity index is 371. The van der Waals surface area contributed by atoms with Crippen LogP contribution in [-0.2, 0) is 0 Å². The van der Waals surface area contributed by atoms with Crippen LogP contribution in [0.5, 0.6) is 0 Å². The Kier molecular flexibility index (Phi) is 3.30. The summed E-state index contributed by atoms with van der Waals surface area (Å²) in [4.78, 5) is 10.4. The highest BCUT2D eigenvalue weighted by Crippen LogP contribution is 2.34. The zero-order valence-corrected chi connectivity index (χ0v) is 10.5. The van der Waals surface area contributed by atoms with E-state index < -0.39 is 0 Å². The molecule has 1 aromatic rings. The predicted molar refractivity (Wildman–Crippen MR) is 65.9 cm³/mol. The van der Waals surface area contributed by atoms with E-state index in [1.807, 2.05) is 7.05 Å². The molecular formula is C11H17ClN4. The van der Waals surface area contributed by atoms with Crippen molar-refractivity contribution in [1.82, 2.24) is 15.3 Å². The average molecular weight is 241 g/mol. The quantitative estimate of drug-likeness (QED) is 0.871. The van der Waals surface area contributed by atoms with Crippen molar-refractivity contribution in [1.29, 1.82) is 0 Å². The molecule has 16 heavy (non-hydrogen) atoms. The molecule has 1 aliphatic rings. The topological polar surface area (TPSA) is 41.0 Å². The molecule has 2 heterocycles. The fourth-order valence-corrected chi connectivity index (χ4v) is 2.54. The number of anilines is 1. The highest BCUT2D eigenvalue weighted by atomic mass is 35.5. The second-order valence-corrected chi connectivity index (χ2v) is 5.11. The molecule has 4 nitrogen and oxygen atoms in total. The number of nitrogens with zero attached hydrogens (tertiary/aromatic N) is 3. The maximum absolute atomic E-state index is 6.09. The van der Waals surface area contributed by atoms with Crippen molar-refractivity contribution in [3.8, 4) is 0 Å². The summed E-state index contributed by atoms with van der Waals surface area (Å²) in [6.45, 7) is 5.31. The third kappa shape index (κ3) is 2.28. The van der Waals surface area contributed by atoms with Gasteiger partial charge in [-0.25, -0.2) is 9.97 Å². The Labute approximate surface area is 101 Å². The van der Waals surface area contributed by atoms with Gasteiger partial charge in [-0.05, 0) is 18.9 Å². The van der Waals surface area contributed by atoms with Gasteiger partial charge in [0.1, 0.15) is 11.3 Å².